The lowest BCUT2D eigenvalue weighted by Crippen LogP contribution is -2.53. The van der Waals surface area contributed by atoms with Gasteiger partial charge in [-0.05, 0) is 73.4 Å². The molecule has 0 aromatic heterocycles. The normalized spacial score (nSPS) is 11.9. The Hall–Kier alpha value is -3.66. The summed E-state index contributed by atoms with van der Waals surface area (Å²) < 4.78 is 30.3. The second-order valence-corrected chi connectivity index (χ2v) is 14.4. The van der Waals surface area contributed by atoms with E-state index in [4.69, 9.17) is 11.6 Å². The van der Waals surface area contributed by atoms with Crippen molar-refractivity contribution in [3.8, 4) is 0 Å². The van der Waals surface area contributed by atoms with Crippen LogP contribution in [0, 0.1) is 13.8 Å². The zero-order valence-electron chi connectivity index (χ0n) is 26.2. The van der Waals surface area contributed by atoms with Crippen molar-refractivity contribution in [2.75, 3.05) is 17.4 Å². The van der Waals surface area contributed by atoms with Crippen molar-refractivity contribution in [2.24, 2.45) is 0 Å². The van der Waals surface area contributed by atoms with E-state index in [0.717, 1.165) is 43.9 Å². The van der Waals surface area contributed by atoms with Crippen LogP contribution < -0.4 is 9.62 Å². The molecule has 0 fully saturated rings. The average molecular weight is 725 g/mol. The van der Waals surface area contributed by atoms with E-state index < -0.39 is 28.5 Å². The number of nitrogens with zero attached hydrogens (tertiary/aromatic N) is 2. The Bertz CT molecular complexity index is 1730. The Morgan fingerprint density at radius 3 is 2.20 bits per heavy atom. The fraction of sp³-hybridized carbons (Fsp3) is 0.278. The Morgan fingerprint density at radius 1 is 0.891 bits per heavy atom. The van der Waals surface area contributed by atoms with Crippen LogP contribution in [0.4, 0.5) is 5.69 Å². The van der Waals surface area contributed by atoms with Crippen LogP contribution in [0.25, 0.3) is 0 Å². The molecule has 4 aromatic carbocycles. The van der Waals surface area contributed by atoms with E-state index in [1.54, 1.807) is 30.3 Å². The van der Waals surface area contributed by atoms with Crippen molar-refractivity contribution >= 4 is 55.1 Å². The molecular weight excluding hydrogens is 686 g/mol. The van der Waals surface area contributed by atoms with Gasteiger partial charge in [0, 0.05) is 29.0 Å². The highest BCUT2D eigenvalue weighted by molar-refractivity contribution is 9.10. The topological polar surface area (TPSA) is 86.8 Å². The van der Waals surface area contributed by atoms with Gasteiger partial charge in [0.2, 0.25) is 11.8 Å². The number of carbonyl (C=O) groups excluding carboxylic acids is 2. The summed E-state index contributed by atoms with van der Waals surface area (Å²) in [4.78, 5) is 29.9. The number of anilines is 1. The first kappa shape index (κ1) is 35.2. The number of nitrogens with one attached hydrogen (secondary N) is 1. The Labute approximate surface area is 285 Å². The molecule has 0 unspecified atom stereocenters. The summed E-state index contributed by atoms with van der Waals surface area (Å²) in [5.41, 5.74) is 3.59. The standard InChI is InChI=1S/C36H39BrClN3O4S/c1-4-5-21-39-36(43)34(22-28-9-7-6-8-10-28)40(24-29-14-16-30(37)17-15-29)35(42)25-41(31-18-13-27(3)33(38)23-31)46(44,45)32-19-11-26(2)12-20-32/h6-20,23,34H,4-5,21-22,24-25H2,1-3H3,(H,39,43)/t34-/m1/s1. The van der Waals surface area contributed by atoms with Crippen molar-refractivity contribution < 1.29 is 18.0 Å². The van der Waals surface area contributed by atoms with Gasteiger partial charge in [-0.2, -0.15) is 0 Å². The van der Waals surface area contributed by atoms with Crippen molar-refractivity contribution in [1.29, 1.82) is 0 Å². The van der Waals surface area contributed by atoms with Gasteiger partial charge in [-0.15, -0.1) is 0 Å². The van der Waals surface area contributed by atoms with Crippen LogP contribution in [0.5, 0.6) is 0 Å². The quantitative estimate of drug-likeness (QED) is 0.137. The Balaban J connectivity index is 1.80. The molecule has 0 spiro atoms. The van der Waals surface area contributed by atoms with Crippen molar-refractivity contribution in [3.05, 3.63) is 129 Å². The lowest BCUT2D eigenvalue weighted by molar-refractivity contribution is -0.140. The molecule has 0 aliphatic rings. The maximum atomic E-state index is 14.5. The van der Waals surface area contributed by atoms with Gasteiger partial charge in [0.25, 0.3) is 10.0 Å². The van der Waals surface area contributed by atoms with Gasteiger partial charge in [0.05, 0.1) is 10.6 Å². The summed E-state index contributed by atoms with van der Waals surface area (Å²) in [6.07, 6.45) is 1.94. The zero-order valence-corrected chi connectivity index (χ0v) is 29.4. The van der Waals surface area contributed by atoms with E-state index in [1.165, 1.54) is 17.0 Å². The first-order chi connectivity index (χ1) is 22.0. The summed E-state index contributed by atoms with van der Waals surface area (Å²) >= 11 is 9.92. The highest BCUT2D eigenvalue weighted by atomic mass is 79.9. The van der Waals surface area contributed by atoms with Crippen molar-refractivity contribution in [3.63, 3.8) is 0 Å². The maximum Gasteiger partial charge on any atom is 0.264 e. The predicted molar refractivity (Wildman–Crippen MR) is 188 cm³/mol. The Morgan fingerprint density at radius 2 is 1.57 bits per heavy atom. The molecule has 0 bridgehead atoms. The lowest BCUT2D eigenvalue weighted by Gasteiger charge is -2.34. The van der Waals surface area contributed by atoms with Gasteiger partial charge in [-0.1, -0.05) is 107 Å². The number of amides is 2. The Kier molecular flexibility index (Phi) is 12.4. The smallest absolute Gasteiger partial charge is 0.264 e. The van der Waals surface area contributed by atoms with Gasteiger partial charge >= 0.3 is 0 Å². The molecule has 0 saturated heterocycles. The van der Waals surface area contributed by atoms with Crippen LogP contribution >= 0.6 is 27.5 Å². The van der Waals surface area contributed by atoms with Crippen LogP contribution in [-0.2, 0) is 32.6 Å². The van der Waals surface area contributed by atoms with E-state index in [9.17, 15) is 18.0 Å². The number of aryl methyl sites for hydroxylation is 2. The minimum Gasteiger partial charge on any atom is -0.354 e. The molecule has 0 radical (unpaired) electrons. The molecule has 242 valence electrons. The molecule has 1 atom stereocenters. The van der Waals surface area contributed by atoms with Crippen LogP contribution in [0.15, 0.2) is 106 Å². The van der Waals surface area contributed by atoms with Crippen LogP contribution in [0.2, 0.25) is 5.02 Å². The molecule has 7 nitrogen and oxygen atoms in total. The minimum absolute atomic E-state index is 0.0419. The third kappa shape index (κ3) is 9.21. The molecule has 0 aliphatic heterocycles. The number of rotatable bonds is 14. The lowest BCUT2D eigenvalue weighted by atomic mass is 10.0. The largest absolute Gasteiger partial charge is 0.354 e. The van der Waals surface area contributed by atoms with Gasteiger partial charge in [-0.25, -0.2) is 8.42 Å². The molecule has 4 aromatic rings. The minimum atomic E-state index is -4.21. The molecule has 46 heavy (non-hydrogen) atoms. The molecule has 1 N–H and O–H groups in total. The van der Waals surface area contributed by atoms with E-state index in [-0.39, 0.29) is 29.5 Å². The number of halogens is 2. The molecule has 10 heteroatoms. The van der Waals surface area contributed by atoms with Crippen molar-refractivity contribution in [1.82, 2.24) is 10.2 Å². The third-order valence-corrected chi connectivity index (χ3v) is 10.4. The first-order valence-electron chi connectivity index (χ1n) is 15.2. The first-order valence-corrected chi connectivity index (χ1v) is 17.8. The summed E-state index contributed by atoms with van der Waals surface area (Å²) in [6.45, 7) is 5.75. The monoisotopic (exact) mass is 723 g/mol. The van der Waals surface area contributed by atoms with Gasteiger partial charge in [0.15, 0.2) is 0 Å². The summed E-state index contributed by atoms with van der Waals surface area (Å²) in [5.74, 6) is -0.823. The second-order valence-electron chi connectivity index (χ2n) is 11.3. The van der Waals surface area contributed by atoms with Crippen LogP contribution in [0.3, 0.4) is 0 Å². The number of hydrogen-bond donors (Lipinski definition) is 1. The highest BCUT2D eigenvalue weighted by Crippen LogP contribution is 2.29. The number of carbonyl (C=O) groups is 2. The van der Waals surface area contributed by atoms with Gasteiger partial charge < -0.3 is 10.2 Å². The maximum absolute atomic E-state index is 14.5. The molecule has 4 rings (SSSR count). The second kappa shape index (κ2) is 16.3. The average Bonchev–Trinajstić information content (AvgIpc) is 3.04. The summed E-state index contributed by atoms with van der Waals surface area (Å²) in [7, 11) is -4.21. The van der Waals surface area contributed by atoms with Crippen LogP contribution in [0.1, 0.15) is 42.0 Å². The molecule has 0 saturated carbocycles. The molecular formula is C36H39BrClN3O4S. The number of sulfonamides is 1. The molecule has 2 amide bonds. The number of hydrogen-bond acceptors (Lipinski definition) is 4. The third-order valence-electron chi connectivity index (χ3n) is 7.70. The zero-order chi connectivity index (χ0) is 33.3. The SMILES string of the molecule is CCCCNC(=O)[C@@H](Cc1ccccc1)N(Cc1ccc(Br)cc1)C(=O)CN(c1ccc(C)c(Cl)c1)S(=O)(=O)c1ccc(C)cc1. The van der Waals surface area contributed by atoms with E-state index in [1.807, 2.05) is 75.4 Å². The number of unbranched alkanes of at least 4 members (excludes halogenated alkanes) is 1. The molecule has 0 heterocycles. The summed E-state index contributed by atoms with van der Waals surface area (Å²) in [5, 5.41) is 3.38. The van der Waals surface area contributed by atoms with E-state index in [2.05, 4.69) is 21.2 Å². The summed E-state index contributed by atoms with van der Waals surface area (Å²) in [6, 6.07) is 27.5. The van der Waals surface area contributed by atoms with E-state index in [0.29, 0.717) is 11.6 Å². The number of benzene rings is 4. The van der Waals surface area contributed by atoms with Crippen molar-refractivity contribution in [2.45, 2.75) is 57.5 Å². The fourth-order valence-corrected chi connectivity index (χ4v) is 6.79. The van der Waals surface area contributed by atoms with Gasteiger partial charge in [-0.3, -0.25) is 13.9 Å². The highest BCUT2D eigenvalue weighted by Gasteiger charge is 2.34. The predicted octanol–water partition coefficient (Wildman–Crippen LogP) is 7.47. The van der Waals surface area contributed by atoms with Crippen LogP contribution in [-0.4, -0.2) is 44.3 Å². The van der Waals surface area contributed by atoms with Gasteiger partial charge in [0.1, 0.15) is 12.6 Å². The fourth-order valence-electron chi connectivity index (χ4n) is 4.95. The molecule has 0 aliphatic carbocycles. The van der Waals surface area contributed by atoms with E-state index >= 15 is 0 Å².